The first-order valence-corrected chi connectivity index (χ1v) is 8.57. The Kier molecular flexibility index (Phi) is 3.96. The molecule has 0 bridgehead atoms. The second-order valence-corrected chi connectivity index (χ2v) is 6.70. The maximum atomic E-state index is 12.0. The monoisotopic (exact) mass is 412 g/mol. The van der Waals surface area contributed by atoms with Crippen LogP contribution >= 0.6 is 15.9 Å². The van der Waals surface area contributed by atoms with Gasteiger partial charge in [0.25, 0.3) is 10.9 Å². The summed E-state index contributed by atoms with van der Waals surface area (Å²) in [5.74, 6) is 0.144. The molecule has 1 heterocycles. The molecular formula is C18H13BrN4O3. The minimum Gasteiger partial charge on any atom is -0.508 e. The van der Waals surface area contributed by atoms with E-state index in [4.69, 9.17) is 0 Å². The van der Waals surface area contributed by atoms with Crippen LogP contribution in [0.5, 0.6) is 5.75 Å². The van der Waals surface area contributed by atoms with E-state index in [1.807, 2.05) is 12.1 Å². The highest BCUT2D eigenvalue weighted by Crippen LogP contribution is 2.29. The van der Waals surface area contributed by atoms with Crippen molar-refractivity contribution in [3.8, 4) is 5.75 Å². The maximum Gasteiger partial charge on any atom is 0.253 e. The summed E-state index contributed by atoms with van der Waals surface area (Å²) in [5.41, 5.74) is 1.65. The number of benzene rings is 2. The first-order valence-electron chi connectivity index (χ1n) is 7.77. The Balaban J connectivity index is 1.58. The lowest BCUT2D eigenvalue weighted by atomic mass is 10.1. The average molecular weight is 413 g/mol. The Morgan fingerprint density at radius 3 is 2.73 bits per heavy atom. The molecule has 0 saturated carbocycles. The van der Waals surface area contributed by atoms with Crippen molar-refractivity contribution in [3.05, 3.63) is 73.1 Å². The lowest BCUT2D eigenvalue weighted by Gasteiger charge is -2.15. The molecule has 0 aliphatic rings. The number of hydrogen-bond acceptors (Lipinski definition) is 6. The zero-order valence-electron chi connectivity index (χ0n) is 13.3. The van der Waals surface area contributed by atoms with Crippen LogP contribution in [-0.2, 0) is 6.54 Å². The number of phenols is 1. The number of aromatic hydroxyl groups is 1. The van der Waals surface area contributed by atoms with Crippen molar-refractivity contribution in [1.82, 2.24) is 10.2 Å². The number of aromatic amines is 1. The van der Waals surface area contributed by atoms with Gasteiger partial charge < -0.3 is 15.7 Å². The number of nitrogens with one attached hydrogen (secondary N) is 3. The van der Waals surface area contributed by atoms with Gasteiger partial charge in [0.05, 0.1) is 11.7 Å². The van der Waals surface area contributed by atoms with Gasteiger partial charge in [0.15, 0.2) is 0 Å². The first kappa shape index (κ1) is 16.3. The van der Waals surface area contributed by atoms with Crippen LogP contribution in [0.2, 0.25) is 0 Å². The summed E-state index contributed by atoms with van der Waals surface area (Å²) in [6, 6.07) is 10.3. The lowest BCUT2D eigenvalue weighted by Crippen LogP contribution is -2.36. The molecule has 0 aliphatic heterocycles. The fourth-order valence-electron chi connectivity index (χ4n) is 2.77. The van der Waals surface area contributed by atoms with Crippen LogP contribution in [0.15, 0.2) is 56.7 Å². The highest BCUT2D eigenvalue weighted by Gasteiger charge is 2.21. The normalized spacial score (nSPS) is 11.1. The van der Waals surface area contributed by atoms with Gasteiger partial charge in [0.2, 0.25) is 0 Å². The Morgan fingerprint density at radius 1 is 1.12 bits per heavy atom. The van der Waals surface area contributed by atoms with Crippen molar-refractivity contribution in [3.63, 3.8) is 0 Å². The van der Waals surface area contributed by atoms with Gasteiger partial charge in [0.1, 0.15) is 17.1 Å². The fraction of sp³-hybridized carbons (Fsp3) is 0.0556. The number of anilines is 3. The maximum absolute atomic E-state index is 12.0. The summed E-state index contributed by atoms with van der Waals surface area (Å²) in [5, 5.41) is 23.2. The number of aromatic nitrogens is 2. The number of nitrogens with zero attached hydrogens (tertiary/aromatic N) is 1. The molecule has 0 radical (unpaired) electrons. The highest BCUT2D eigenvalue weighted by molar-refractivity contribution is 9.10. The molecule has 3 aromatic carbocycles. The molecule has 0 saturated heterocycles. The van der Waals surface area contributed by atoms with Crippen LogP contribution in [0.3, 0.4) is 0 Å². The Bertz CT molecular complexity index is 1190. The van der Waals surface area contributed by atoms with Gasteiger partial charge in [-0.3, -0.25) is 14.7 Å². The second kappa shape index (κ2) is 6.30. The molecule has 0 fully saturated rings. The summed E-state index contributed by atoms with van der Waals surface area (Å²) in [7, 11) is 0. The van der Waals surface area contributed by atoms with Crippen LogP contribution in [0.1, 0.15) is 5.56 Å². The second-order valence-electron chi connectivity index (χ2n) is 5.85. The van der Waals surface area contributed by atoms with E-state index in [9.17, 15) is 14.7 Å². The minimum atomic E-state index is -0.563. The summed E-state index contributed by atoms with van der Waals surface area (Å²) in [6.45, 7) is 0.318. The topological polar surface area (TPSA) is 107 Å². The van der Waals surface area contributed by atoms with E-state index in [0.29, 0.717) is 12.2 Å². The number of rotatable bonds is 5. The van der Waals surface area contributed by atoms with E-state index in [0.717, 1.165) is 20.9 Å². The largest absolute Gasteiger partial charge is 0.508 e. The molecule has 26 heavy (non-hydrogen) atoms. The third-order valence-corrected chi connectivity index (χ3v) is 4.69. The first-order chi connectivity index (χ1) is 12.5. The Labute approximate surface area is 155 Å². The van der Waals surface area contributed by atoms with Gasteiger partial charge in [-0.05, 0) is 45.8 Å². The zero-order valence-corrected chi connectivity index (χ0v) is 14.9. The van der Waals surface area contributed by atoms with E-state index in [1.54, 1.807) is 30.5 Å². The molecular weight excluding hydrogens is 400 g/mol. The minimum absolute atomic E-state index is 0.144. The van der Waals surface area contributed by atoms with E-state index in [2.05, 4.69) is 36.8 Å². The number of fused-ring (bicyclic) bond motifs is 1. The summed E-state index contributed by atoms with van der Waals surface area (Å²) < 4.78 is 0.794. The molecule has 4 N–H and O–H groups in total. The summed E-state index contributed by atoms with van der Waals surface area (Å²) in [6.07, 6.45) is 1.68. The van der Waals surface area contributed by atoms with Crippen LogP contribution in [0.4, 0.5) is 17.1 Å². The molecule has 0 unspecified atom stereocenters. The Hall–Kier alpha value is -3.13. The fourth-order valence-corrected chi connectivity index (χ4v) is 3.33. The van der Waals surface area contributed by atoms with Crippen LogP contribution < -0.4 is 21.5 Å². The van der Waals surface area contributed by atoms with Crippen molar-refractivity contribution in [1.29, 1.82) is 0 Å². The molecule has 4 aromatic rings. The third-order valence-electron chi connectivity index (χ3n) is 4.06. The molecule has 4 rings (SSSR count). The van der Waals surface area contributed by atoms with E-state index >= 15 is 0 Å². The quantitative estimate of drug-likeness (QED) is 0.375. The Morgan fingerprint density at radius 2 is 1.92 bits per heavy atom. The van der Waals surface area contributed by atoms with Crippen LogP contribution in [0.25, 0.3) is 10.9 Å². The van der Waals surface area contributed by atoms with Crippen LogP contribution in [-0.4, -0.2) is 15.3 Å². The van der Waals surface area contributed by atoms with Crippen molar-refractivity contribution < 1.29 is 5.11 Å². The predicted octanol–water partition coefficient (Wildman–Crippen LogP) is 2.98. The molecule has 0 amide bonds. The smallest absolute Gasteiger partial charge is 0.253 e. The molecule has 7 nitrogen and oxygen atoms in total. The van der Waals surface area contributed by atoms with Crippen molar-refractivity contribution >= 4 is 43.9 Å². The predicted molar refractivity (Wildman–Crippen MR) is 104 cm³/mol. The van der Waals surface area contributed by atoms with Gasteiger partial charge >= 0.3 is 0 Å². The summed E-state index contributed by atoms with van der Waals surface area (Å²) >= 11 is 3.45. The van der Waals surface area contributed by atoms with Gasteiger partial charge in [-0.1, -0.05) is 12.1 Å². The van der Waals surface area contributed by atoms with Gasteiger partial charge in [-0.25, -0.2) is 0 Å². The standard InChI is InChI=1S/C18H13BrN4O3/c19-13-6-11(5-10-8-21-23-14(10)13)22-16-15(17(25)18(16)26)20-7-9-2-1-3-12(24)4-9/h1-6,8,20,22,24H,7H2,(H,21,23). The molecule has 0 spiro atoms. The van der Waals surface area contributed by atoms with Crippen molar-refractivity contribution in [2.24, 2.45) is 0 Å². The van der Waals surface area contributed by atoms with Crippen molar-refractivity contribution in [2.45, 2.75) is 6.54 Å². The SMILES string of the molecule is O=c1c(NCc2cccc(O)c2)c(Nc2cc(Br)c3[nH]ncc3c2)c1=O. The molecule has 0 aliphatic carbocycles. The number of phenolic OH excluding ortho intramolecular Hbond substituents is 1. The van der Waals surface area contributed by atoms with Gasteiger partial charge in [0, 0.05) is 22.1 Å². The highest BCUT2D eigenvalue weighted by atomic mass is 79.9. The van der Waals surface area contributed by atoms with Gasteiger partial charge in [-0.15, -0.1) is 0 Å². The zero-order chi connectivity index (χ0) is 18.3. The third kappa shape index (κ3) is 2.84. The average Bonchev–Trinajstić information content (AvgIpc) is 3.10. The molecule has 0 atom stereocenters. The van der Waals surface area contributed by atoms with Gasteiger partial charge in [-0.2, -0.15) is 5.10 Å². The molecule has 8 heteroatoms. The van der Waals surface area contributed by atoms with E-state index < -0.39 is 10.9 Å². The van der Waals surface area contributed by atoms with Crippen LogP contribution in [0, 0.1) is 0 Å². The summed E-state index contributed by atoms with van der Waals surface area (Å²) in [4.78, 5) is 23.9. The van der Waals surface area contributed by atoms with Crippen molar-refractivity contribution in [2.75, 3.05) is 10.6 Å². The van der Waals surface area contributed by atoms with E-state index in [1.165, 1.54) is 0 Å². The number of hydrogen-bond donors (Lipinski definition) is 4. The molecule has 1 aromatic heterocycles. The lowest BCUT2D eigenvalue weighted by molar-refractivity contribution is 0.474. The number of halogens is 1. The van der Waals surface area contributed by atoms with E-state index in [-0.39, 0.29) is 17.1 Å². The molecule has 130 valence electrons. The number of H-pyrrole nitrogens is 1.